The summed E-state index contributed by atoms with van der Waals surface area (Å²) in [4.78, 5) is 24.7. The molecule has 0 bridgehead atoms. The number of hydrogen-bond donors (Lipinski definition) is 1. The maximum Gasteiger partial charge on any atom is 0.260 e. The van der Waals surface area contributed by atoms with Crippen LogP contribution in [0.25, 0.3) is 10.9 Å². The summed E-state index contributed by atoms with van der Waals surface area (Å²) in [6.45, 7) is 1.74. The van der Waals surface area contributed by atoms with Crippen molar-refractivity contribution in [3.05, 3.63) is 40.2 Å². The molecule has 0 amide bonds. The molecule has 2 N–H and O–H groups in total. The maximum atomic E-state index is 12.4. The van der Waals surface area contributed by atoms with Crippen molar-refractivity contribution in [2.45, 2.75) is 26.2 Å². The maximum absolute atomic E-state index is 12.4. The highest BCUT2D eigenvalue weighted by Crippen LogP contribution is 2.29. The van der Waals surface area contributed by atoms with Crippen molar-refractivity contribution in [3.63, 3.8) is 0 Å². The largest absolute Gasteiger partial charge is 0.399 e. The van der Waals surface area contributed by atoms with E-state index >= 15 is 0 Å². The lowest BCUT2D eigenvalue weighted by Crippen LogP contribution is -2.35. The number of nitrogens with two attached hydrogens (primary N) is 1. The van der Waals surface area contributed by atoms with E-state index in [2.05, 4.69) is 0 Å². The first kappa shape index (κ1) is 12.0. The minimum atomic E-state index is -0.227. The molecular weight excluding hydrogens is 240 g/mol. The van der Waals surface area contributed by atoms with Gasteiger partial charge in [-0.05, 0) is 43.4 Å². The van der Waals surface area contributed by atoms with Gasteiger partial charge in [-0.1, -0.05) is 12.5 Å². The molecule has 2 aromatic rings. The SMILES string of the molecule is Cc1cc2ccc(N)cc2n(C(=O)C2CCC2)c1=O. The van der Waals surface area contributed by atoms with Gasteiger partial charge in [0.1, 0.15) is 0 Å². The summed E-state index contributed by atoms with van der Waals surface area (Å²) in [6.07, 6.45) is 2.82. The molecule has 4 heteroatoms. The fourth-order valence-corrected chi connectivity index (χ4v) is 2.51. The molecule has 0 aliphatic heterocycles. The number of nitrogens with zero attached hydrogens (tertiary/aromatic N) is 1. The second kappa shape index (κ2) is 4.23. The molecule has 1 aliphatic rings. The zero-order chi connectivity index (χ0) is 13.6. The van der Waals surface area contributed by atoms with Crippen LogP contribution in [0.5, 0.6) is 0 Å². The molecule has 1 heterocycles. The van der Waals surface area contributed by atoms with E-state index in [4.69, 9.17) is 5.73 Å². The van der Waals surface area contributed by atoms with Gasteiger partial charge >= 0.3 is 0 Å². The van der Waals surface area contributed by atoms with Crippen molar-refractivity contribution in [1.29, 1.82) is 0 Å². The molecule has 3 rings (SSSR count). The Hall–Kier alpha value is -2.10. The topological polar surface area (TPSA) is 65.1 Å². The van der Waals surface area contributed by atoms with Gasteiger partial charge in [0.05, 0.1) is 5.52 Å². The molecule has 4 nitrogen and oxygen atoms in total. The van der Waals surface area contributed by atoms with Gasteiger partial charge in [-0.25, -0.2) is 4.57 Å². The first-order valence-electron chi connectivity index (χ1n) is 6.54. The molecular formula is C15H16N2O2. The Morgan fingerprint density at radius 1 is 1.32 bits per heavy atom. The van der Waals surface area contributed by atoms with Crippen molar-refractivity contribution in [2.75, 3.05) is 5.73 Å². The number of carbonyl (C=O) groups excluding carboxylic acids is 1. The first-order chi connectivity index (χ1) is 9.08. The Labute approximate surface area is 110 Å². The predicted molar refractivity (Wildman–Crippen MR) is 75.3 cm³/mol. The van der Waals surface area contributed by atoms with E-state index in [-0.39, 0.29) is 17.4 Å². The molecule has 0 spiro atoms. The minimum Gasteiger partial charge on any atom is -0.399 e. The second-order valence-corrected chi connectivity index (χ2v) is 5.25. The van der Waals surface area contributed by atoms with E-state index in [1.165, 1.54) is 4.57 Å². The highest BCUT2D eigenvalue weighted by atomic mass is 16.2. The van der Waals surface area contributed by atoms with Crippen molar-refractivity contribution in [3.8, 4) is 0 Å². The molecule has 1 fully saturated rings. The van der Waals surface area contributed by atoms with Crippen molar-refractivity contribution >= 4 is 22.5 Å². The average Bonchev–Trinajstić information content (AvgIpc) is 2.29. The molecule has 1 aromatic heterocycles. The smallest absolute Gasteiger partial charge is 0.260 e. The molecule has 0 unspecified atom stereocenters. The minimum absolute atomic E-state index is 0.0101. The van der Waals surface area contributed by atoms with Gasteiger partial charge in [-0.2, -0.15) is 0 Å². The van der Waals surface area contributed by atoms with Crippen molar-refractivity contribution < 1.29 is 4.79 Å². The molecule has 0 radical (unpaired) electrons. The highest BCUT2D eigenvalue weighted by Gasteiger charge is 2.28. The van der Waals surface area contributed by atoms with E-state index in [0.717, 1.165) is 24.6 Å². The fourth-order valence-electron chi connectivity index (χ4n) is 2.51. The lowest BCUT2D eigenvalue weighted by atomic mass is 9.84. The van der Waals surface area contributed by atoms with Crippen molar-refractivity contribution in [1.82, 2.24) is 4.57 Å². The van der Waals surface area contributed by atoms with Crippen LogP contribution in [0.15, 0.2) is 29.1 Å². The second-order valence-electron chi connectivity index (χ2n) is 5.25. The van der Waals surface area contributed by atoms with Gasteiger partial charge in [0.25, 0.3) is 5.56 Å². The lowest BCUT2D eigenvalue weighted by Gasteiger charge is -2.25. The number of aromatic nitrogens is 1. The number of nitrogen functional groups attached to an aromatic ring is 1. The summed E-state index contributed by atoms with van der Waals surface area (Å²) >= 11 is 0. The summed E-state index contributed by atoms with van der Waals surface area (Å²) in [7, 11) is 0. The van der Waals surface area contributed by atoms with E-state index in [9.17, 15) is 9.59 Å². The fraction of sp³-hybridized carbons (Fsp3) is 0.333. The molecule has 1 aromatic carbocycles. The van der Waals surface area contributed by atoms with Gasteiger partial charge in [-0.15, -0.1) is 0 Å². The Morgan fingerprint density at radius 3 is 2.68 bits per heavy atom. The number of anilines is 1. The van der Waals surface area contributed by atoms with Gasteiger partial charge in [0.15, 0.2) is 0 Å². The van der Waals surface area contributed by atoms with Crippen LogP contribution in [0.1, 0.15) is 29.6 Å². The number of rotatable bonds is 1. The van der Waals surface area contributed by atoms with Crippen LogP contribution < -0.4 is 11.3 Å². The van der Waals surface area contributed by atoms with Crippen LogP contribution in [0, 0.1) is 12.8 Å². The Morgan fingerprint density at radius 2 is 2.05 bits per heavy atom. The van der Waals surface area contributed by atoms with Crippen LogP contribution in [0.2, 0.25) is 0 Å². The third kappa shape index (κ3) is 1.84. The third-order valence-electron chi connectivity index (χ3n) is 3.88. The quantitative estimate of drug-likeness (QED) is 0.796. The lowest BCUT2D eigenvalue weighted by molar-refractivity contribution is 0.0766. The van der Waals surface area contributed by atoms with Crippen LogP contribution >= 0.6 is 0 Å². The van der Waals surface area contributed by atoms with Crippen LogP contribution in [-0.2, 0) is 0 Å². The van der Waals surface area contributed by atoms with Gasteiger partial charge in [0.2, 0.25) is 5.91 Å². The summed E-state index contributed by atoms with van der Waals surface area (Å²) in [5, 5.41) is 0.874. The Balaban J connectivity index is 2.30. The summed E-state index contributed by atoms with van der Waals surface area (Å²) in [6, 6.07) is 7.14. The Bertz CT molecular complexity index is 727. The number of benzene rings is 1. The van der Waals surface area contributed by atoms with Gasteiger partial charge in [0, 0.05) is 17.2 Å². The third-order valence-corrected chi connectivity index (χ3v) is 3.88. The van der Waals surface area contributed by atoms with Gasteiger partial charge < -0.3 is 5.73 Å². The van der Waals surface area contributed by atoms with E-state index in [1.54, 1.807) is 19.1 Å². The number of fused-ring (bicyclic) bond motifs is 1. The zero-order valence-corrected chi connectivity index (χ0v) is 10.8. The average molecular weight is 256 g/mol. The van der Waals surface area contributed by atoms with E-state index in [0.29, 0.717) is 16.8 Å². The van der Waals surface area contributed by atoms with E-state index < -0.39 is 0 Å². The van der Waals surface area contributed by atoms with Crippen LogP contribution in [-0.4, -0.2) is 10.5 Å². The molecule has 1 saturated carbocycles. The highest BCUT2D eigenvalue weighted by molar-refractivity contribution is 5.94. The number of hydrogen-bond acceptors (Lipinski definition) is 3. The normalized spacial score (nSPS) is 15.4. The van der Waals surface area contributed by atoms with E-state index in [1.807, 2.05) is 12.1 Å². The molecule has 1 aliphatic carbocycles. The summed E-state index contributed by atoms with van der Waals surface area (Å²) < 4.78 is 1.31. The van der Waals surface area contributed by atoms with Crippen molar-refractivity contribution in [2.24, 2.45) is 5.92 Å². The van der Waals surface area contributed by atoms with Gasteiger partial charge in [-0.3, -0.25) is 9.59 Å². The molecule has 0 saturated heterocycles. The number of carbonyl (C=O) groups is 1. The molecule has 19 heavy (non-hydrogen) atoms. The molecule has 98 valence electrons. The zero-order valence-electron chi connectivity index (χ0n) is 10.8. The number of aryl methyl sites for hydroxylation is 1. The first-order valence-corrected chi connectivity index (χ1v) is 6.54. The predicted octanol–water partition coefficient (Wildman–Crippen LogP) is 2.33. The summed E-state index contributed by atoms with van der Waals surface area (Å²) in [5.74, 6) is -0.0975. The summed E-state index contributed by atoms with van der Waals surface area (Å²) in [5.41, 5.74) is 7.32. The monoisotopic (exact) mass is 256 g/mol. The standard InChI is InChI=1S/C15H16N2O2/c1-9-7-11-5-6-12(16)8-13(11)17(14(9)18)15(19)10-3-2-4-10/h5-8,10H,2-4,16H2,1H3. The molecule has 0 atom stereocenters. The van der Waals surface area contributed by atoms with Crippen LogP contribution in [0.3, 0.4) is 0 Å². The number of pyridine rings is 1. The van der Waals surface area contributed by atoms with Crippen LogP contribution in [0.4, 0.5) is 5.69 Å². The Kier molecular flexibility index (Phi) is 2.66.